The maximum absolute atomic E-state index is 12.6. The third-order valence-corrected chi connectivity index (χ3v) is 4.87. The summed E-state index contributed by atoms with van der Waals surface area (Å²) in [4.78, 5) is 19.0. The molecule has 0 aromatic heterocycles. The Balaban J connectivity index is 1.87. The molecule has 2 aromatic carbocycles. The lowest BCUT2D eigenvalue weighted by Crippen LogP contribution is -2.36. The van der Waals surface area contributed by atoms with E-state index in [2.05, 4.69) is 24.0 Å². The molecule has 0 saturated carbocycles. The molecule has 0 aliphatic carbocycles. The van der Waals surface area contributed by atoms with Crippen molar-refractivity contribution in [2.24, 2.45) is 4.99 Å². The van der Waals surface area contributed by atoms with Gasteiger partial charge in [0, 0.05) is 17.7 Å². The molecule has 0 fully saturated rings. The minimum Gasteiger partial charge on any atom is -0.392 e. The Hall–Kier alpha value is -2.72. The minimum atomic E-state index is 0.0171. The predicted octanol–water partition coefficient (Wildman–Crippen LogP) is 2.72. The van der Waals surface area contributed by atoms with Gasteiger partial charge in [0.2, 0.25) is 5.91 Å². The Labute approximate surface area is 147 Å². The smallest absolute Gasteiger partial charge is 0.248 e. The van der Waals surface area contributed by atoms with E-state index in [0.717, 1.165) is 45.6 Å². The van der Waals surface area contributed by atoms with Gasteiger partial charge < -0.3 is 10.0 Å². The molecule has 0 unspecified atom stereocenters. The van der Waals surface area contributed by atoms with Crippen LogP contribution in [0.25, 0.3) is 5.70 Å². The van der Waals surface area contributed by atoms with Crippen LogP contribution in [0.3, 0.4) is 0 Å². The van der Waals surface area contributed by atoms with Gasteiger partial charge in [0.15, 0.2) is 0 Å². The molecule has 0 spiro atoms. The molecule has 4 heteroatoms. The number of carbonyl (C=O) groups excluding carboxylic acids is 1. The third kappa shape index (κ3) is 2.79. The molecule has 4 nitrogen and oxygen atoms in total. The van der Waals surface area contributed by atoms with Crippen molar-refractivity contribution in [3.8, 4) is 0 Å². The summed E-state index contributed by atoms with van der Waals surface area (Å²) in [5.74, 6) is 0.0222. The number of fused-ring (bicyclic) bond motifs is 3. The molecule has 2 aromatic rings. The highest BCUT2D eigenvalue weighted by Gasteiger charge is 2.29. The van der Waals surface area contributed by atoms with E-state index in [1.54, 1.807) is 0 Å². The van der Waals surface area contributed by atoms with Crippen molar-refractivity contribution in [1.29, 1.82) is 0 Å². The monoisotopic (exact) mass is 332 g/mol. The first-order valence-corrected chi connectivity index (χ1v) is 8.53. The molecular formula is C21H20N2O2. The molecule has 25 heavy (non-hydrogen) atoms. The van der Waals surface area contributed by atoms with Crippen LogP contribution in [0.4, 0.5) is 0 Å². The fourth-order valence-electron chi connectivity index (χ4n) is 3.61. The lowest BCUT2D eigenvalue weighted by Gasteiger charge is -2.31. The number of nitrogens with zero attached hydrogens (tertiary/aromatic N) is 2. The molecule has 2 aliphatic heterocycles. The summed E-state index contributed by atoms with van der Waals surface area (Å²) in [7, 11) is 0. The number of benzene rings is 2. The Morgan fingerprint density at radius 2 is 2.04 bits per heavy atom. The van der Waals surface area contributed by atoms with Gasteiger partial charge in [-0.3, -0.25) is 9.79 Å². The predicted molar refractivity (Wildman–Crippen MR) is 98.3 cm³/mol. The summed E-state index contributed by atoms with van der Waals surface area (Å²) in [6, 6.07) is 14.1. The number of aryl methyl sites for hydroxylation is 1. The molecule has 0 saturated heterocycles. The summed E-state index contributed by atoms with van der Waals surface area (Å²) >= 11 is 0. The van der Waals surface area contributed by atoms with Gasteiger partial charge in [0.25, 0.3) is 0 Å². The van der Waals surface area contributed by atoms with E-state index in [9.17, 15) is 9.90 Å². The average Bonchev–Trinajstić information content (AvgIpc) is 2.80. The van der Waals surface area contributed by atoms with Crippen molar-refractivity contribution in [2.75, 3.05) is 13.1 Å². The molecule has 0 atom stereocenters. The van der Waals surface area contributed by atoms with Gasteiger partial charge in [-0.1, -0.05) is 42.0 Å². The molecule has 4 rings (SSSR count). The summed E-state index contributed by atoms with van der Waals surface area (Å²) in [5.41, 5.74) is 6.99. The van der Waals surface area contributed by atoms with Gasteiger partial charge in [0.1, 0.15) is 6.54 Å². The zero-order valence-corrected chi connectivity index (χ0v) is 14.2. The first-order chi connectivity index (χ1) is 12.2. The summed E-state index contributed by atoms with van der Waals surface area (Å²) in [5, 5.41) is 9.63. The Morgan fingerprint density at radius 3 is 2.84 bits per heavy atom. The first-order valence-electron chi connectivity index (χ1n) is 8.53. The number of aliphatic hydroxyl groups excluding tert-OH is 1. The van der Waals surface area contributed by atoms with E-state index in [-0.39, 0.29) is 19.1 Å². The van der Waals surface area contributed by atoms with E-state index in [1.807, 2.05) is 41.3 Å². The van der Waals surface area contributed by atoms with Crippen molar-refractivity contribution >= 4 is 17.3 Å². The number of aliphatic imine (C=N–C) groups is 1. The van der Waals surface area contributed by atoms with Crippen molar-refractivity contribution in [3.05, 3.63) is 76.4 Å². The first kappa shape index (κ1) is 15.8. The van der Waals surface area contributed by atoms with Crippen molar-refractivity contribution in [2.45, 2.75) is 20.0 Å². The van der Waals surface area contributed by atoms with Crippen LogP contribution in [-0.2, 0) is 17.8 Å². The van der Waals surface area contributed by atoms with Crippen LogP contribution in [0.1, 0.15) is 27.8 Å². The van der Waals surface area contributed by atoms with Gasteiger partial charge in [-0.2, -0.15) is 0 Å². The average molecular weight is 332 g/mol. The van der Waals surface area contributed by atoms with Crippen molar-refractivity contribution in [1.82, 2.24) is 4.90 Å². The van der Waals surface area contributed by atoms with E-state index in [0.29, 0.717) is 6.54 Å². The molecule has 0 radical (unpaired) electrons. The molecule has 1 N–H and O–H groups in total. The van der Waals surface area contributed by atoms with Crippen LogP contribution in [0.5, 0.6) is 0 Å². The largest absolute Gasteiger partial charge is 0.392 e. The van der Waals surface area contributed by atoms with Gasteiger partial charge in [-0.25, -0.2) is 0 Å². The topological polar surface area (TPSA) is 52.9 Å². The quantitative estimate of drug-likeness (QED) is 0.919. The number of rotatable bonds is 2. The minimum absolute atomic E-state index is 0.0171. The second-order valence-electron chi connectivity index (χ2n) is 6.50. The van der Waals surface area contributed by atoms with Crippen LogP contribution in [-0.4, -0.2) is 34.7 Å². The molecule has 126 valence electrons. The highest BCUT2D eigenvalue weighted by molar-refractivity contribution is 6.15. The van der Waals surface area contributed by atoms with Crippen LogP contribution in [0.15, 0.2) is 53.5 Å². The molecule has 2 heterocycles. The van der Waals surface area contributed by atoms with Crippen molar-refractivity contribution in [3.63, 3.8) is 0 Å². The number of carbonyl (C=O) groups is 1. The second-order valence-corrected chi connectivity index (χ2v) is 6.50. The van der Waals surface area contributed by atoms with E-state index >= 15 is 0 Å². The highest BCUT2D eigenvalue weighted by atomic mass is 16.3. The Bertz CT molecular complexity index is 912. The highest BCUT2D eigenvalue weighted by Crippen LogP contribution is 2.32. The normalized spacial score (nSPS) is 16.6. The molecular weight excluding hydrogens is 312 g/mol. The fraction of sp³-hybridized carbons (Fsp3) is 0.238. The third-order valence-electron chi connectivity index (χ3n) is 4.87. The summed E-state index contributed by atoms with van der Waals surface area (Å²) < 4.78 is 0. The second kappa shape index (κ2) is 6.30. The number of amides is 1. The van der Waals surface area contributed by atoms with Crippen molar-refractivity contribution < 1.29 is 9.90 Å². The summed E-state index contributed by atoms with van der Waals surface area (Å²) in [6.07, 6.45) is 2.77. The van der Waals surface area contributed by atoms with Crippen LogP contribution in [0.2, 0.25) is 0 Å². The van der Waals surface area contributed by atoms with Gasteiger partial charge in [-0.05, 0) is 36.6 Å². The Morgan fingerprint density at radius 1 is 1.20 bits per heavy atom. The zero-order chi connectivity index (χ0) is 17.4. The van der Waals surface area contributed by atoms with E-state index < -0.39 is 0 Å². The SMILES string of the molecule is Cc1cccc(C2=NCC(=O)N3CCc4c(CO)cccc4C3=C2)c1. The number of allylic oxidation sites excluding steroid dienone is 1. The molecule has 0 bridgehead atoms. The lowest BCUT2D eigenvalue weighted by molar-refractivity contribution is -0.126. The van der Waals surface area contributed by atoms with E-state index in [4.69, 9.17) is 0 Å². The van der Waals surface area contributed by atoms with Gasteiger partial charge in [-0.15, -0.1) is 0 Å². The zero-order valence-electron chi connectivity index (χ0n) is 14.2. The van der Waals surface area contributed by atoms with Crippen LogP contribution in [0, 0.1) is 6.92 Å². The Kier molecular flexibility index (Phi) is 3.98. The molecule has 2 aliphatic rings. The number of hydrogen-bond acceptors (Lipinski definition) is 3. The molecule has 1 amide bonds. The summed E-state index contributed by atoms with van der Waals surface area (Å²) in [6.45, 7) is 2.86. The standard InChI is InChI=1S/C21H20N2O2/c1-14-4-2-5-15(10-14)19-11-20-18-7-3-6-16(13-24)17(18)8-9-23(20)21(25)12-22-19/h2-7,10-11,24H,8-9,12-13H2,1H3. The fourth-order valence-corrected chi connectivity index (χ4v) is 3.61. The van der Waals surface area contributed by atoms with E-state index in [1.165, 1.54) is 0 Å². The van der Waals surface area contributed by atoms with Gasteiger partial charge in [0.05, 0.1) is 18.0 Å². The van der Waals surface area contributed by atoms with Crippen LogP contribution >= 0.6 is 0 Å². The maximum atomic E-state index is 12.6. The van der Waals surface area contributed by atoms with Crippen LogP contribution < -0.4 is 0 Å². The van der Waals surface area contributed by atoms with Gasteiger partial charge >= 0.3 is 0 Å². The maximum Gasteiger partial charge on any atom is 0.248 e. The number of aliphatic hydroxyl groups is 1. The number of hydrogen-bond donors (Lipinski definition) is 1. The lowest BCUT2D eigenvalue weighted by atomic mass is 9.91.